The molecule has 17 heteroatoms. The van der Waals surface area contributed by atoms with Gasteiger partial charge in [0.05, 0.1) is 43.0 Å². The van der Waals surface area contributed by atoms with Crippen LogP contribution in [0.15, 0.2) is 66.2 Å². The molecule has 4 aromatic rings. The first-order valence-electron chi connectivity index (χ1n) is 20.8. The quantitative estimate of drug-likeness (QED) is 0.0528. The van der Waals surface area contributed by atoms with Gasteiger partial charge in [-0.05, 0) is 74.1 Å². The van der Waals surface area contributed by atoms with E-state index in [9.17, 15) is 23.6 Å². The van der Waals surface area contributed by atoms with Gasteiger partial charge in [0.2, 0.25) is 17.7 Å². The Morgan fingerprint density at radius 3 is 2.56 bits per heavy atom. The average Bonchev–Trinajstić information content (AvgIpc) is 3.91. The number of rotatable bonds is 19. The van der Waals surface area contributed by atoms with Gasteiger partial charge in [-0.25, -0.2) is 14.4 Å². The third kappa shape index (κ3) is 11.5. The Labute approximate surface area is 368 Å². The van der Waals surface area contributed by atoms with Crippen LogP contribution in [0.3, 0.4) is 0 Å². The summed E-state index contributed by atoms with van der Waals surface area (Å²) in [6, 6.07) is 15.1. The lowest BCUT2D eigenvalue weighted by molar-refractivity contribution is -0.137. The van der Waals surface area contributed by atoms with Crippen LogP contribution in [0.5, 0.6) is 5.75 Å². The zero-order valence-corrected chi connectivity index (χ0v) is 35.8. The molecule has 2 aromatic heterocycles. The van der Waals surface area contributed by atoms with Crippen LogP contribution in [0, 0.1) is 23.1 Å². The van der Waals surface area contributed by atoms with Gasteiger partial charge in [0.25, 0.3) is 5.91 Å². The Morgan fingerprint density at radius 2 is 1.77 bits per heavy atom. The highest BCUT2D eigenvalue weighted by atomic mass is 35.5. The minimum absolute atomic E-state index is 0.00275. The number of hydrogen-bond acceptors (Lipinski definition) is 12. The molecule has 3 aliphatic rings. The number of nitrogens with one attached hydrogen (secondary N) is 4. The first kappa shape index (κ1) is 44.6. The number of anilines is 2. The van der Waals surface area contributed by atoms with E-state index >= 15 is 0 Å². The van der Waals surface area contributed by atoms with E-state index in [1.165, 1.54) is 22.3 Å². The summed E-state index contributed by atoms with van der Waals surface area (Å²) in [5.41, 5.74) is 2.13. The van der Waals surface area contributed by atoms with Crippen LogP contribution in [-0.4, -0.2) is 96.7 Å². The van der Waals surface area contributed by atoms with Gasteiger partial charge in [-0.1, -0.05) is 41.6 Å². The first-order chi connectivity index (χ1) is 30.2. The van der Waals surface area contributed by atoms with Crippen molar-refractivity contribution in [1.29, 1.82) is 0 Å². The summed E-state index contributed by atoms with van der Waals surface area (Å²) in [5.74, 6) is 5.46. The van der Waals surface area contributed by atoms with E-state index in [1.54, 1.807) is 30.5 Å². The molecule has 1 unspecified atom stereocenters. The van der Waals surface area contributed by atoms with Crippen molar-refractivity contribution in [1.82, 2.24) is 30.8 Å². The maximum absolute atomic E-state index is 14.6. The number of carbonyl (C=O) groups excluding carboxylic acids is 4. The normalized spacial score (nSPS) is 19.6. The van der Waals surface area contributed by atoms with Gasteiger partial charge < -0.3 is 35.1 Å². The van der Waals surface area contributed by atoms with Gasteiger partial charge in [0.1, 0.15) is 11.9 Å². The van der Waals surface area contributed by atoms with Crippen LogP contribution in [0.4, 0.5) is 15.3 Å². The molecule has 1 saturated heterocycles. The van der Waals surface area contributed by atoms with Crippen LogP contribution in [0.1, 0.15) is 72.1 Å². The van der Waals surface area contributed by atoms with Gasteiger partial charge in [-0.2, -0.15) is 0 Å². The van der Waals surface area contributed by atoms with Gasteiger partial charge in [0, 0.05) is 73.8 Å². The minimum Gasteiger partial charge on any atom is -0.487 e. The summed E-state index contributed by atoms with van der Waals surface area (Å²) < 4.78 is 32.1. The number of piperidine rings is 1. The van der Waals surface area contributed by atoms with Crippen molar-refractivity contribution in [2.24, 2.45) is 5.41 Å². The number of fused-ring (bicyclic) bond motifs is 1. The minimum atomic E-state index is -0.745. The zero-order valence-electron chi connectivity index (χ0n) is 34.2. The van der Waals surface area contributed by atoms with E-state index < -0.39 is 23.2 Å². The number of benzene rings is 2. The highest BCUT2D eigenvalue weighted by molar-refractivity contribution is 7.13. The smallest absolute Gasteiger partial charge is 0.255 e. The number of thiazole rings is 1. The highest BCUT2D eigenvalue weighted by Crippen LogP contribution is 2.41. The lowest BCUT2D eigenvalue weighted by atomic mass is 9.69. The molecule has 2 aliphatic heterocycles. The average molecular weight is 886 g/mol. The number of carbonyl (C=O) groups is 4. The molecule has 4 heterocycles. The van der Waals surface area contributed by atoms with Crippen molar-refractivity contribution in [3.63, 3.8) is 0 Å². The molecule has 62 heavy (non-hydrogen) atoms. The number of aromatic nitrogens is 2. The largest absolute Gasteiger partial charge is 0.487 e. The molecule has 7 rings (SSSR count). The summed E-state index contributed by atoms with van der Waals surface area (Å²) in [4.78, 5) is 61.6. The number of imide groups is 1. The molecule has 0 bridgehead atoms. The number of pyridine rings is 1. The first-order valence-corrected chi connectivity index (χ1v) is 22.1. The van der Waals surface area contributed by atoms with E-state index in [0.717, 1.165) is 22.0 Å². The molecule has 1 saturated carbocycles. The molecular formula is C45H49ClFN7O7S. The van der Waals surface area contributed by atoms with Crippen LogP contribution >= 0.6 is 22.9 Å². The predicted octanol–water partition coefficient (Wildman–Crippen LogP) is 5.57. The fourth-order valence-corrected chi connectivity index (χ4v) is 8.62. The number of amides is 4. The third-order valence-electron chi connectivity index (χ3n) is 11.1. The van der Waals surface area contributed by atoms with Gasteiger partial charge in [-0.3, -0.25) is 24.5 Å². The zero-order chi connectivity index (χ0) is 43.3. The fraction of sp³-hybridized carbons (Fsp3) is 0.422. The van der Waals surface area contributed by atoms with E-state index in [1.807, 2.05) is 29.6 Å². The van der Waals surface area contributed by atoms with Crippen molar-refractivity contribution in [3.8, 4) is 17.6 Å². The van der Waals surface area contributed by atoms with Gasteiger partial charge in [-0.15, -0.1) is 11.3 Å². The lowest BCUT2D eigenvalue weighted by Gasteiger charge is -2.39. The summed E-state index contributed by atoms with van der Waals surface area (Å²) in [7, 11) is 0. The van der Waals surface area contributed by atoms with Crippen molar-refractivity contribution < 1.29 is 37.8 Å². The summed E-state index contributed by atoms with van der Waals surface area (Å²) in [6.45, 7) is 3.49. The molecule has 4 amide bonds. The second-order valence-electron chi connectivity index (χ2n) is 15.3. The van der Waals surface area contributed by atoms with E-state index in [2.05, 4.69) is 38.1 Å². The molecule has 2 fully saturated rings. The molecule has 14 nitrogen and oxygen atoms in total. The molecule has 0 spiro atoms. The standard InChI is InChI=1S/C45H49ClFN7O7S/c46-35-10-5-11-37(40(35)47)61-32-15-17-45(18-16-32,28-31-8-4-12-38(51-31)52-44-50-22-27-62-44)43(58)49-21-24-60-26-25-59-23-20-48-19-2-1-6-30-7-3-9-33-34(30)29-54(42(33)57)36-13-14-39(55)53-41(36)56/h3-5,7-12,22,27,32,36,48H,2,13-21,23-26,28-29H2,(H,49,58)(H,50,51,52)(H,53,55,56)/t32-,36?,45-. The van der Waals surface area contributed by atoms with Crippen LogP contribution in [0.25, 0.3) is 0 Å². The van der Waals surface area contributed by atoms with Crippen molar-refractivity contribution in [2.45, 2.75) is 70.1 Å². The monoisotopic (exact) mass is 885 g/mol. The predicted molar refractivity (Wildman–Crippen MR) is 232 cm³/mol. The Hall–Kier alpha value is -5.44. The lowest BCUT2D eigenvalue weighted by Crippen LogP contribution is -2.52. The molecule has 326 valence electrons. The number of nitrogens with zero attached hydrogens (tertiary/aromatic N) is 3. The summed E-state index contributed by atoms with van der Waals surface area (Å²) in [5, 5.41) is 14.6. The van der Waals surface area contributed by atoms with Gasteiger partial charge in [0.15, 0.2) is 16.7 Å². The van der Waals surface area contributed by atoms with Crippen LogP contribution in [0.2, 0.25) is 5.02 Å². The number of ether oxygens (including phenoxy) is 3. The molecule has 1 atom stereocenters. The number of hydrogen-bond donors (Lipinski definition) is 4. The maximum atomic E-state index is 14.6. The van der Waals surface area contributed by atoms with Crippen molar-refractivity contribution >= 4 is 57.5 Å². The maximum Gasteiger partial charge on any atom is 0.255 e. The SMILES string of the molecule is O=C1CCC(N2Cc3c(C#CCCNCCOCCOCCNC(=O)[C@]4(Cc5cccc(Nc6nccs6)n5)CC[C@@H](Oc5cccc(Cl)c5F)CC4)cccc3C2=O)C(=O)N1. The van der Waals surface area contributed by atoms with Crippen LogP contribution in [-0.2, 0) is 36.8 Å². The Kier molecular flexibility index (Phi) is 15.5. The van der Waals surface area contributed by atoms with Gasteiger partial charge >= 0.3 is 0 Å². The van der Waals surface area contributed by atoms with E-state index in [0.29, 0.717) is 102 Å². The second kappa shape index (κ2) is 21.6. The molecule has 0 radical (unpaired) electrons. The van der Waals surface area contributed by atoms with Crippen molar-refractivity contribution in [2.75, 3.05) is 51.4 Å². The third-order valence-corrected chi connectivity index (χ3v) is 12.1. The Balaban J connectivity index is 0.796. The fourth-order valence-electron chi connectivity index (χ4n) is 7.92. The highest BCUT2D eigenvalue weighted by Gasteiger charge is 2.43. The Bertz CT molecular complexity index is 2280. The topological polar surface area (TPSA) is 173 Å². The Morgan fingerprint density at radius 1 is 0.984 bits per heavy atom. The molecule has 2 aromatic carbocycles. The van der Waals surface area contributed by atoms with E-state index in [4.69, 9.17) is 30.8 Å². The van der Waals surface area contributed by atoms with E-state index in [-0.39, 0.29) is 47.6 Å². The summed E-state index contributed by atoms with van der Waals surface area (Å²) in [6.07, 6.45) is 5.15. The molecule has 1 aliphatic carbocycles. The second-order valence-corrected chi connectivity index (χ2v) is 16.6. The number of halogens is 2. The molecular weight excluding hydrogens is 837 g/mol. The van der Waals surface area contributed by atoms with Crippen LogP contribution < -0.4 is 26.0 Å². The molecule has 4 N–H and O–H groups in total. The summed E-state index contributed by atoms with van der Waals surface area (Å²) >= 11 is 7.45. The van der Waals surface area contributed by atoms with Crippen molar-refractivity contribution in [3.05, 3.63) is 99.4 Å².